The molecule has 2 aliphatic rings. The van der Waals surface area contributed by atoms with Gasteiger partial charge in [-0.1, -0.05) is 19.9 Å². The zero-order valence-corrected chi connectivity index (χ0v) is 17.5. The molecule has 0 unspecified atom stereocenters. The van der Waals surface area contributed by atoms with Crippen LogP contribution in [-0.4, -0.2) is 32.6 Å². The maximum Gasteiger partial charge on any atom is 0.231 e. The Labute approximate surface area is 180 Å². The zero-order chi connectivity index (χ0) is 21.4. The number of hydrogen-bond acceptors (Lipinski definition) is 7. The van der Waals surface area contributed by atoms with Crippen molar-refractivity contribution in [3.63, 3.8) is 0 Å². The Morgan fingerprint density at radius 1 is 1.16 bits per heavy atom. The number of fused-ring (bicyclic) bond motifs is 2. The lowest BCUT2D eigenvalue weighted by molar-refractivity contribution is -0.121. The molecule has 8 heteroatoms. The average molecular weight is 417 g/mol. The number of benzene rings is 1. The first-order chi connectivity index (χ1) is 15.0. The predicted molar refractivity (Wildman–Crippen MR) is 112 cm³/mol. The van der Waals surface area contributed by atoms with Gasteiger partial charge in [0.05, 0.1) is 24.4 Å². The molecule has 0 bridgehead atoms. The van der Waals surface area contributed by atoms with Crippen molar-refractivity contribution in [2.45, 2.75) is 39.2 Å². The minimum atomic E-state index is -0.142. The second-order valence-electron chi connectivity index (χ2n) is 8.72. The highest BCUT2D eigenvalue weighted by atomic mass is 16.7. The molecule has 1 aromatic carbocycles. The van der Waals surface area contributed by atoms with E-state index < -0.39 is 0 Å². The van der Waals surface area contributed by atoms with Gasteiger partial charge in [-0.3, -0.25) is 9.78 Å². The van der Waals surface area contributed by atoms with Crippen molar-refractivity contribution < 1.29 is 14.3 Å². The van der Waals surface area contributed by atoms with E-state index in [1.165, 1.54) is 0 Å². The summed E-state index contributed by atoms with van der Waals surface area (Å²) >= 11 is 0. The van der Waals surface area contributed by atoms with Crippen LogP contribution in [0.5, 0.6) is 11.5 Å². The van der Waals surface area contributed by atoms with Gasteiger partial charge in [-0.2, -0.15) is 0 Å². The van der Waals surface area contributed by atoms with Gasteiger partial charge >= 0.3 is 0 Å². The minimum absolute atomic E-state index is 0.00230. The number of rotatable bonds is 4. The molecule has 2 aromatic heterocycles. The first kappa shape index (κ1) is 19.4. The van der Waals surface area contributed by atoms with Crippen LogP contribution in [0.25, 0.3) is 11.5 Å². The Morgan fingerprint density at radius 2 is 2.03 bits per heavy atom. The SMILES string of the molecule is CC1(C)Cc2nc(-c3cnccn3)ncc2[C@H](NC(=O)Cc2ccc3c(c2)OCO3)C1. The van der Waals surface area contributed by atoms with E-state index in [1.54, 1.807) is 18.6 Å². The quantitative estimate of drug-likeness (QED) is 0.696. The van der Waals surface area contributed by atoms with Gasteiger partial charge in [0.1, 0.15) is 5.69 Å². The summed E-state index contributed by atoms with van der Waals surface area (Å²) in [5, 5.41) is 3.19. The smallest absolute Gasteiger partial charge is 0.231 e. The van der Waals surface area contributed by atoms with E-state index in [0.29, 0.717) is 23.0 Å². The Balaban J connectivity index is 1.36. The van der Waals surface area contributed by atoms with E-state index in [1.807, 2.05) is 24.4 Å². The van der Waals surface area contributed by atoms with Crippen molar-refractivity contribution in [2.24, 2.45) is 5.41 Å². The van der Waals surface area contributed by atoms with Crippen LogP contribution in [0.2, 0.25) is 0 Å². The Morgan fingerprint density at radius 3 is 2.87 bits per heavy atom. The number of nitrogens with one attached hydrogen (secondary N) is 1. The molecule has 0 fully saturated rings. The van der Waals surface area contributed by atoms with Crippen molar-refractivity contribution >= 4 is 5.91 Å². The van der Waals surface area contributed by atoms with Crippen molar-refractivity contribution in [2.75, 3.05) is 6.79 Å². The molecular formula is C23H23N5O3. The van der Waals surface area contributed by atoms with Crippen LogP contribution in [0.3, 0.4) is 0 Å². The Hall–Kier alpha value is -3.55. The first-order valence-electron chi connectivity index (χ1n) is 10.3. The van der Waals surface area contributed by atoms with Gasteiger partial charge in [-0.25, -0.2) is 15.0 Å². The Kier molecular flexibility index (Phi) is 4.77. The molecule has 8 nitrogen and oxygen atoms in total. The molecule has 0 spiro atoms. The number of ether oxygens (including phenoxy) is 2. The molecule has 1 amide bonds. The fourth-order valence-corrected chi connectivity index (χ4v) is 4.20. The van der Waals surface area contributed by atoms with Crippen LogP contribution in [-0.2, 0) is 17.6 Å². The molecule has 158 valence electrons. The molecule has 1 N–H and O–H groups in total. The zero-order valence-electron chi connectivity index (χ0n) is 17.5. The van der Waals surface area contributed by atoms with Crippen molar-refractivity contribution in [3.8, 4) is 23.0 Å². The van der Waals surface area contributed by atoms with Crippen LogP contribution in [0.15, 0.2) is 43.0 Å². The largest absolute Gasteiger partial charge is 0.454 e. The predicted octanol–water partition coefficient (Wildman–Crippen LogP) is 3.03. The van der Waals surface area contributed by atoms with Gasteiger partial charge in [0.2, 0.25) is 12.7 Å². The summed E-state index contributed by atoms with van der Waals surface area (Å²) in [5.41, 5.74) is 3.42. The van der Waals surface area contributed by atoms with E-state index in [0.717, 1.165) is 29.7 Å². The second-order valence-corrected chi connectivity index (χ2v) is 8.72. The summed E-state index contributed by atoms with van der Waals surface area (Å²) in [4.78, 5) is 30.5. The molecule has 0 saturated carbocycles. The first-order valence-corrected chi connectivity index (χ1v) is 10.3. The third kappa shape index (κ3) is 4.05. The molecule has 3 aromatic rings. The third-order valence-electron chi connectivity index (χ3n) is 5.61. The number of amides is 1. The lowest BCUT2D eigenvalue weighted by Gasteiger charge is -2.36. The van der Waals surface area contributed by atoms with E-state index >= 15 is 0 Å². The normalized spacial score (nSPS) is 18.3. The van der Waals surface area contributed by atoms with Gasteiger partial charge in [0.25, 0.3) is 0 Å². The number of nitrogens with zero attached hydrogens (tertiary/aromatic N) is 4. The minimum Gasteiger partial charge on any atom is -0.454 e. The monoisotopic (exact) mass is 417 g/mol. The fourth-order valence-electron chi connectivity index (χ4n) is 4.20. The average Bonchev–Trinajstić information content (AvgIpc) is 3.21. The van der Waals surface area contributed by atoms with Gasteiger partial charge in [0, 0.05) is 24.2 Å². The lowest BCUT2D eigenvalue weighted by Crippen LogP contribution is -2.37. The van der Waals surface area contributed by atoms with Gasteiger partial charge < -0.3 is 14.8 Å². The maximum atomic E-state index is 12.8. The molecule has 0 radical (unpaired) electrons. The standard InChI is InChI=1S/C23H23N5O3/c1-23(2)9-16(27-21(29)8-14-3-4-19-20(7-14)31-13-30-19)15-11-26-22(28-17(15)10-23)18-12-24-5-6-25-18/h3-7,11-12,16H,8-10,13H2,1-2H3,(H,27,29)/t16-/m1/s1. The molecule has 5 rings (SSSR count). The number of carbonyl (C=O) groups is 1. The van der Waals surface area contributed by atoms with Gasteiger partial charge in [-0.15, -0.1) is 0 Å². The summed E-state index contributed by atoms with van der Waals surface area (Å²) in [6.45, 7) is 4.60. The van der Waals surface area contributed by atoms with Crippen LogP contribution in [0, 0.1) is 5.41 Å². The van der Waals surface area contributed by atoms with Crippen molar-refractivity contribution in [1.29, 1.82) is 0 Å². The Bertz CT molecular complexity index is 1130. The third-order valence-corrected chi connectivity index (χ3v) is 5.61. The molecular weight excluding hydrogens is 394 g/mol. The van der Waals surface area contributed by atoms with Crippen LogP contribution < -0.4 is 14.8 Å². The molecule has 1 atom stereocenters. The summed E-state index contributed by atoms with van der Waals surface area (Å²) in [5.74, 6) is 1.89. The van der Waals surface area contributed by atoms with Crippen LogP contribution in [0.1, 0.15) is 43.1 Å². The molecule has 31 heavy (non-hydrogen) atoms. The summed E-state index contributed by atoms with van der Waals surface area (Å²) in [6, 6.07) is 5.45. The summed E-state index contributed by atoms with van der Waals surface area (Å²) in [6.07, 6.45) is 8.61. The van der Waals surface area contributed by atoms with Crippen LogP contribution >= 0.6 is 0 Å². The van der Waals surface area contributed by atoms with E-state index in [4.69, 9.17) is 14.5 Å². The molecule has 0 saturated heterocycles. The number of aromatic nitrogens is 4. The summed E-state index contributed by atoms with van der Waals surface area (Å²) in [7, 11) is 0. The molecule has 3 heterocycles. The van der Waals surface area contributed by atoms with E-state index in [9.17, 15) is 4.79 Å². The maximum absolute atomic E-state index is 12.8. The summed E-state index contributed by atoms with van der Waals surface area (Å²) < 4.78 is 10.8. The van der Waals surface area contributed by atoms with E-state index in [2.05, 4.69) is 34.1 Å². The molecule has 1 aliphatic carbocycles. The van der Waals surface area contributed by atoms with Crippen molar-refractivity contribution in [3.05, 3.63) is 59.8 Å². The van der Waals surface area contributed by atoms with Crippen molar-refractivity contribution in [1.82, 2.24) is 25.3 Å². The topological polar surface area (TPSA) is 99.1 Å². The second kappa shape index (κ2) is 7.61. The highest BCUT2D eigenvalue weighted by Gasteiger charge is 2.34. The highest BCUT2D eigenvalue weighted by molar-refractivity contribution is 5.79. The fraction of sp³-hybridized carbons (Fsp3) is 0.348. The van der Waals surface area contributed by atoms with Gasteiger partial charge in [0.15, 0.2) is 17.3 Å². The van der Waals surface area contributed by atoms with Crippen LogP contribution in [0.4, 0.5) is 0 Å². The number of carbonyl (C=O) groups excluding carboxylic acids is 1. The van der Waals surface area contributed by atoms with E-state index in [-0.39, 0.29) is 30.6 Å². The highest BCUT2D eigenvalue weighted by Crippen LogP contribution is 2.40. The lowest BCUT2D eigenvalue weighted by atomic mass is 9.74. The number of hydrogen-bond donors (Lipinski definition) is 1. The molecule has 1 aliphatic heterocycles. The van der Waals surface area contributed by atoms with Gasteiger partial charge in [-0.05, 0) is 36.0 Å².